The summed E-state index contributed by atoms with van der Waals surface area (Å²) in [5, 5.41) is 0.857. The van der Waals surface area contributed by atoms with E-state index in [-0.39, 0.29) is 13.0 Å². The van der Waals surface area contributed by atoms with E-state index in [4.69, 9.17) is 14.2 Å². The van der Waals surface area contributed by atoms with Crippen LogP contribution in [0.5, 0.6) is 0 Å². The number of carbonyl (C=O) groups is 3. The molecule has 9 heteroatoms. The highest BCUT2D eigenvalue weighted by Gasteiger charge is 2.31. The van der Waals surface area contributed by atoms with Crippen LogP contribution in [0.25, 0.3) is 0 Å². The Bertz CT molecular complexity index is 917. The Balaban J connectivity index is 1.69. The van der Waals surface area contributed by atoms with Crippen molar-refractivity contribution in [3.63, 3.8) is 0 Å². The number of benzene rings is 2. The standard InChI is InChI=1S/C25H31N3O6/c1-32-22(18-20-12-6-4-7-13-20)28(26-23(29)33-19-21-14-8-5-9-15-21)25(31)34-24(30)27-16-10-2-3-11-17-27/h4-9,12-15,22H,2-3,10-11,16-19H2,1H3,(H,26,29). The Morgan fingerprint density at radius 1 is 0.912 bits per heavy atom. The zero-order chi connectivity index (χ0) is 24.2. The quantitative estimate of drug-likeness (QED) is 0.381. The van der Waals surface area contributed by atoms with Gasteiger partial charge in [-0.05, 0) is 24.0 Å². The van der Waals surface area contributed by atoms with Crippen molar-refractivity contribution in [2.45, 2.75) is 44.9 Å². The third-order valence-corrected chi connectivity index (χ3v) is 5.47. The first-order chi connectivity index (χ1) is 16.6. The van der Waals surface area contributed by atoms with Crippen molar-refractivity contribution >= 4 is 18.3 Å². The summed E-state index contributed by atoms with van der Waals surface area (Å²) in [6, 6.07) is 18.5. The number of ether oxygens (including phenoxy) is 3. The van der Waals surface area contributed by atoms with Gasteiger partial charge in [-0.15, -0.1) is 0 Å². The second kappa shape index (κ2) is 13.2. The topological polar surface area (TPSA) is 97.4 Å². The smallest absolute Gasteiger partial charge is 0.440 e. The number of hydrogen-bond donors (Lipinski definition) is 1. The van der Waals surface area contributed by atoms with Gasteiger partial charge in [0.25, 0.3) is 0 Å². The molecule has 3 amide bonds. The molecule has 0 saturated carbocycles. The first kappa shape index (κ1) is 25.0. The molecular weight excluding hydrogens is 438 g/mol. The molecule has 0 bridgehead atoms. The first-order valence-corrected chi connectivity index (χ1v) is 11.4. The number of rotatable bonds is 6. The fraction of sp³-hybridized carbons (Fsp3) is 0.400. The number of hydrazine groups is 1. The summed E-state index contributed by atoms with van der Waals surface area (Å²) in [6.07, 6.45) is 0.415. The van der Waals surface area contributed by atoms with Crippen LogP contribution in [0, 0.1) is 0 Å². The highest BCUT2D eigenvalue weighted by Crippen LogP contribution is 2.14. The Morgan fingerprint density at radius 2 is 1.50 bits per heavy atom. The third kappa shape index (κ3) is 7.77. The minimum Gasteiger partial charge on any atom is -0.443 e. The maximum Gasteiger partial charge on any atom is 0.440 e. The molecule has 9 nitrogen and oxygen atoms in total. The predicted octanol–water partition coefficient (Wildman–Crippen LogP) is 4.48. The van der Waals surface area contributed by atoms with Crippen LogP contribution < -0.4 is 5.43 Å². The molecule has 1 unspecified atom stereocenters. The number of hydrogen-bond acceptors (Lipinski definition) is 6. The summed E-state index contributed by atoms with van der Waals surface area (Å²) in [6.45, 7) is 1.06. The van der Waals surface area contributed by atoms with Gasteiger partial charge >= 0.3 is 18.3 Å². The van der Waals surface area contributed by atoms with Crippen molar-refractivity contribution in [1.29, 1.82) is 0 Å². The number of nitrogens with one attached hydrogen (secondary N) is 1. The second-order valence-corrected chi connectivity index (χ2v) is 7.96. The average Bonchev–Trinajstić information content (AvgIpc) is 3.16. The van der Waals surface area contributed by atoms with Gasteiger partial charge < -0.3 is 19.1 Å². The van der Waals surface area contributed by atoms with Gasteiger partial charge in [-0.2, -0.15) is 5.01 Å². The molecule has 1 aliphatic heterocycles. The highest BCUT2D eigenvalue weighted by molar-refractivity contribution is 5.84. The molecule has 1 atom stereocenters. The van der Waals surface area contributed by atoms with E-state index in [0.29, 0.717) is 13.1 Å². The molecule has 2 aromatic carbocycles. The molecule has 0 radical (unpaired) electrons. The van der Waals surface area contributed by atoms with E-state index in [9.17, 15) is 14.4 Å². The maximum absolute atomic E-state index is 13.0. The van der Waals surface area contributed by atoms with Crippen molar-refractivity contribution in [2.75, 3.05) is 20.2 Å². The fourth-order valence-electron chi connectivity index (χ4n) is 3.63. The van der Waals surface area contributed by atoms with Gasteiger partial charge in [-0.1, -0.05) is 73.5 Å². The van der Waals surface area contributed by atoms with Gasteiger partial charge in [0.15, 0.2) is 6.23 Å². The Hall–Kier alpha value is -3.59. The van der Waals surface area contributed by atoms with Crippen LogP contribution in [-0.4, -0.2) is 54.6 Å². The van der Waals surface area contributed by atoms with Gasteiger partial charge in [0.2, 0.25) is 0 Å². The lowest BCUT2D eigenvalue weighted by molar-refractivity contribution is -0.0477. The number of likely N-dealkylation sites (tertiary alicyclic amines) is 1. The normalized spacial score (nSPS) is 14.4. The molecule has 0 aliphatic carbocycles. The van der Waals surface area contributed by atoms with Crippen LogP contribution in [0.2, 0.25) is 0 Å². The minimum absolute atomic E-state index is 0.0125. The molecule has 3 rings (SSSR count). The highest BCUT2D eigenvalue weighted by atomic mass is 16.6. The van der Waals surface area contributed by atoms with Gasteiger partial charge in [-0.25, -0.2) is 19.8 Å². The van der Waals surface area contributed by atoms with Crippen LogP contribution in [0.1, 0.15) is 36.8 Å². The molecule has 182 valence electrons. The van der Waals surface area contributed by atoms with Crippen LogP contribution in [0.3, 0.4) is 0 Å². The Kier molecular flexibility index (Phi) is 9.72. The van der Waals surface area contributed by atoms with Crippen molar-refractivity contribution in [3.8, 4) is 0 Å². The predicted molar refractivity (Wildman–Crippen MR) is 124 cm³/mol. The molecular formula is C25H31N3O6. The summed E-state index contributed by atoms with van der Waals surface area (Å²) >= 11 is 0. The van der Waals surface area contributed by atoms with Gasteiger partial charge in [0, 0.05) is 26.6 Å². The van der Waals surface area contributed by atoms with E-state index in [2.05, 4.69) is 5.43 Å². The number of methoxy groups -OCH3 is 1. The zero-order valence-corrected chi connectivity index (χ0v) is 19.4. The summed E-state index contributed by atoms with van der Waals surface area (Å²) in [4.78, 5) is 39.6. The molecule has 0 aromatic heterocycles. The van der Waals surface area contributed by atoms with E-state index >= 15 is 0 Å². The summed E-state index contributed by atoms with van der Waals surface area (Å²) in [5.74, 6) is 0. The third-order valence-electron chi connectivity index (χ3n) is 5.47. The number of nitrogens with zero attached hydrogens (tertiary/aromatic N) is 2. The minimum atomic E-state index is -1.05. The second-order valence-electron chi connectivity index (χ2n) is 7.96. The van der Waals surface area contributed by atoms with Gasteiger partial charge in [0.05, 0.1) is 0 Å². The largest absolute Gasteiger partial charge is 0.443 e. The van der Waals surface area contributed by atoms with Crippen molar-refractivity contribution in [3.05, 3.63) is 71.8 Å². The summed E-state index contributed by atoms with van der Waals surface area (Å²) in [5.41, 5.74) is 4.03. The lowest BCUT2D eigenvalue weighted by Crippen LogP contribution is -2.54. The first-order valence-electron chi connectivity index (χ1n) is 11.4. The monoisotopic (exact) mass is 469 g/mol. The molecule has 2 aromatic rings. The lowest BCUT2D eigenvalue weighted by Gasteiger charge is -2.30. The lowest BCUT2D eigenvalue weighted by atomic mass is 10.1. The molecule has 1 N–H and O–H groups in total. The fourth-order valence-corrected chi connectivity index (χ4v) is 3.63. The molecule has 1 aliphatic rings. The van der Waals surface area contributed by atoms with E-state index in [1.165, 1.54) is 12.0 Å². The zero-order valence-electron chi connectivity index (χ0n) is 19.4. The van der Waals surface area contributed by atoms with Crippen LogP contribution >= 0.6 is 0 Å². The maximum atomic E-state index is 13.0. The number of carbonyl (C=O) groups excluding carboxylic acids is 3. The average molecular weight is 470 g/mol. The van der Waals surface area contributed by atoms with Gasteiger partial charge in [-0.3, -0.25) is 0 Å². The Labute approximate surface area is 199 Å². The Morgan fingerprint density at radius 3 is 2.09 bits per heavy atom. The van der Waals surface area contributed by atoms with Crippen LogP contribution in [0.4, 0.5) is 14.4 Å². The van der Waals surface area contributed by atoms with Crippen molar-refractivity contribution < 1.29 is 28.6 Å². The molecule has 1 fully saturated rings. The number of amides is 3. The molecule has 0 spiro atoms. The van der Waals surface area contributed by atoms with Crippen LogP contribution in [0.15, 0.2) is 60.7 Å². The van der Waals surface area contributed by atoms with Crippen LogP contribution in [-0.2, 0) is 27.2 Å². The van der Waals surface area contributed by atoms with E-state index < -0.39 is 24.5 Å². The molecule has 34 heavy (non-hydrogen) atoms. The summed E-state index contributed by atoms with van der Waals surface area (Å²) in [7, 11) is 1.40. The van der Waals surface area contributed by atoms with Crippen molar-refractivity contribution in [2.24, 2.45) is 0 Å². The molecule has 1 saturated heterocycles. The SMILES string of the molecule is COC(Cc1ccccc1)N(NC(=O)OCc1ccccc1)C(=O)OC(=O)N1CCCCCC1. The van der Waals surface area contributed by atoms with E-state index in [1.54, 1.807) is 0 Å². The van der Waals surface area contributed by atoms with Crippen molar-refractivity contribution in [1.82, 2.24) is 15.3 Å². The summed E-state index contributed by atoms with van der Waals surface area (Å²) < 4.78 is 15.8. The molecule has 1 heterocycles. The van der Waals surface area contributed by atoms with E-state index in [0.717, 1.165) is 41.8 Å². The van der Waals surface area contributed by atoms with Gasteiger partial charge in [0.1, 0.15) is 6.61 Å². The van der Waals surface area contributed by atoms with E-state index in [1.807, 2.05) is 60.7 Å².